The molecule has 156 valence electrons. The number of carbonyl (C=O) groups excluding carboxylic acids is 1. The van der Waals surface area contributed by atoms with Gasteiger partial charge in [0.05, 0.1) is 4.90 Å². The average molecular weight is 417 g/mol. The van der Waals surface area contributed by atoms with E-state index < -0.39 is 10.0 Å². The highest BCUT2D eigenvalue weighted by Gasteiger charge is 2.22. The van der Waals surface area contributed by atoms with Crippen molar-refractivity contribution in [2.45, 2.75) is 50.0 Å². The summed E-state index contributed by atoms with van der Waals surface area (Å²) in [7, 11) is -3.47. The monoisotopic (exact) mass is 416 g/mol. The van der Waals surface area contributed by atoms with Crippen LogP contribution in [0.2, 0.25) is 0 Å². The van der Waals surface area contributed by atoms with Crippen LogP contribution >= 0.6 is 0 Å². The molecule has 2 aromatic carbocycles. The Balaban J connectivity index is 1.42. The minimum absolute atomic E-state index is 0.0329. The number of aryl methyl sites for hydroxylation is 1. The summed E-state index contributed by atoms with van der Waals surface area (Å²) in [6.07, 6.45) is 4.59. The Morgan fingerprint density at radius 2 is 1.76 bits per heavy atom. The number of carbonyl (C=O) groups is 1. The van der Waals surface area contributed by atoms with Gasteiger partial charge in [-0.3, -0.25) is 4.79 Å². The predicted molar refractivity (Wildman–Crippen MR) is 112 cm³/mol. The van der Waals surface area contributed by atoms with Crippen LogP contribution in [-0.2, 0) is 21.2 Å². The van der Waals surface area contributed by atoms with Gasteiger partial charge >= 0.3 is 0 Å². The van der Waals surface area contributed by atoms with E-state index in [1.165, 1.54) is 0 Å². The van der Waals surface area contributed by atoms with Gasteiger partial charge in [0.25, 0.3) is 5.91 Å². The fraction of sp³-hybridized carbons (Fsp3) is 0.409. The van der Waals surface area contributed by atoms with Crippen LogP contribution in [0.4, 0.5) is 0 Å². The number of para-hydroxylation sites is 1. The van der Waals surface area contributed by atoms with Crippen LogP contribution in [0.5, 0.6) is 5.75 Å². The molecule has 1 aliphatic carbocycles. The molecule has 6 nitrogen and oxygen atoms in total. The van der Waals surface area contributed by atoms with E-state index >= 15 is 0 Å². The number of hydrogen-bond donors (Lipinski definition) is 2. The SMILES string of the molecule is Cc1ccccc1OCC(=O)NCCc1ccc(S(=O)(=O)NC2CCCC2)cc1. The third-order valence-corrected chi connectivity index (χ3v) is 6.64. The maximum absolute atomic E-state index is 12.4. The topological polar surface area (TPSA) is 84.5 Å². The highest BCUT2D eigenvalue weighted by Crippen LogP contribution is 2.20. The number of nitrogens with one attached hydrogen (secondary N) is 2. The largest absolute Gasteiger partial charge is 0.484 e. The van der Waals surface area contributed by atoms with Gasteiger partial charge in [0.15, 0.2) is 6.61 Å². The molecule has 1 saturated carbocycles. The highest BCUT2D eigenvalue weighted by molar-refractivity contribution is 7.89. The summed E-state index contributed by atoms with van der Waals surface area (Å²) in [5.74, 6) is 0.513. The second-order valence-electron chi connectivity index (χ2n) is 7.40. The number of ether oxygens (including phenoxy) is 1. The molecule has 0 unspecified atom stereocenters. The third kappa shape index (κ3) is 6.30. The first kappa shape index (κ1) is 21.3. The third-order valence-electron chi connectivity index (χ3n) is 5.10. The van der Waals surface area contributed by atoms with Crippen LogP contribution in [0.3, 0.4) is 0 Å². The van der Waals surface area contributed by atoms with E-state index in [-0.39, 0.29) is 23.5 Å². The second-order valence-corrected chi connectivity index (χ2v) is 9.11. The lowest BCUT2D eigenvalue weighted by molar-refractivity contribution is -0.123. The van der Waals surface area contributed by atoms with Gasteiger partial charge in [0.2, 0.25) is 10.0 Å². The lowest BCUT2D eigenvalue weighted by atomic mass is 10.1. The molecule has 0 aromatic heterocycles. The molecule has 2 aromatic rings. The van der Waals surface area contributed by atoms with Crippen LogP contribution in [0.15, 0.2) is 53.4 Å². The van der Waals surface area contributed by atoms with Crippen molar-refractivity contribution < 1.29 is 17.9 Å². The van der Waals surface area contributed by atoms with Crippen molar-refractivity contribution >= 4 is 15.9 Å². The van der Waals surface area contributed by atoms with E-state index in [2.05, 4.69) is 10.0 Å². The van der Waals surface area contributed by atoms with E-state index in [9.17, 15) is 13.2 Å². The number of sulfonamides is 1. The van der Waals surface area contributed by atoms with Crippen LogP contribution < -0.4 is 14.8 Å². The second kappa shape index (κ2) is 9.89. The summed E-state index contributed by atoms with van der Waals surface area (Å²) in [4.78, 5) is 12.2. The molecule has 0 saturated heterocycles. The summed E-state index contributed by atoms with van der Waals surface area (Å²) < 4.78 is 33.2. The van der Waals surface area contributed by atoms with Gasteiger partial charge in [0.1, 0.15) is 5.75 Å². The summed E-state index contributed by atoms with van der Waals surface area (Å²) in [6, 6.07) is 14.4. The molecule has 0 spiro atoms. The fourth-order valence-electron chi connectivity index (χ4n) is 3.43. The molecule has 2 N–H and O–H groups in total. The Kier molecular flexibility index (Phi) is 7.28. The Labute approximate surface area is 172 Å². The number of hydrogen-bond acceptors (Lipinski definition) is 4. The van der Waals surface area contributed by atoms with Crippen molar-refractivity contribution in [3.05, 3.63) is 59.7 Å². The van der Waals surface area contributed by atoms with Crippen molar-refractivity contribution in [3.8, 4) is 5.75 Å². The average Bonchev–Trinajstić information content (AvgIpc) is 3.20. The summed E-state index contributed by atoms with van der Waals surface area (Å²) in [5.41, 5.74) is 1.95. The van der Waals surface area contributed by atoms with Crippen molar-refractivity contribution in [1.29, 1.82) is 0 Å². The molecule has 0 aliphatic heterocycles. The Hall–Kier alpha value is -2.38. The highest BCUT2D eigenvalue weighted by atomic mass is 32.2. The molecular weight excluding hydrogens is 388 g/mol. The van der Waals surface area contributed by atoms with Crippen molar-refractivity contribution in [3.63, 3.8) is 0 Å². The van der Waals surface area contributed by atoms with Crippen molar-refractivity contribution in [2.24, 2.45) is 0 Å². The first-order valence-electron chi connectivity index (χ1n) is 10.0. The first-order valence-corrected chi connectivity index (χ1v) is 11.5. The standard InChI is InChI=1S/C22H28N2O4S/c1-17-6-2-5-9-21(17)28-16-22(25)23-15-14-18-10-12-20(13-11-18)29(26,27)24-19-7-3-4-8-19/h2,5-6,9-13,19,24H,3-4,7-8,14-16H2,1H3,(H,23,25). The molecule has 7 heteroatoms. The minimum atomic E-state index is -3.47. The van der Waals surface area contributed by atoms with Crippen molar-refractivity contribution in [2.75, 3.05) is 13.2 Å². The van der Waals surface area contributed by atoms with Crippen LogP contribution in [0.25, 0.3) is 0 Å². The molecule has 0 radical (unpaired) electrons. The number of rotatable bonds is 9. The molecule has 29 heavy (non-hydrogen) atoms. The predicted octanol–water partition coefficient (Wildman–Crippen LogP) is 2.95. The zero-order valence-corrected chi connectivity index (χ0v) is 17.5. The lowest BCUT2D eigenvalue weighted by Crippen LogP contribution is -2.32. The van der Waals surface area contributed by atoms with Gasteiger partial charge in [0, 0.05) is 12.6 Å². The van der Waals surface area contributed by atoms with Gasteiger partial charge in [-0.25, -0.2) is 13.1 Å². The van der Waals surface area contributed by atoms with E-state index in [0.717, 1.165) is 36.8 Å². The Morgan fingerprint density at radius 3 is 2.45 bits per heavy atom. The quantitative estimate of drug-likeness (QED) is 0.658. The lowest BCUT2D eigenvalue weighted by Gasteiger charge is -2.13. The molecule has 0 bridgehead atoms. The van der Waals surface area contributed by atoms with Gasteiger partial charge in [-0.05, 0) is 55.5 Å². The number of benzene rings is 2. The molecular formula is C22H28N2O4S. The normalized spacial score (nSPS) is 14.7. The molecule has 1 aliphatic rings. The van der Waals surface area contributed by atoms with E-state index in [1.54, 1.807) is 24.3 Å². The summed E-state index contributed by atoms with van der Waals surface area (Å²) in [5, 5.41) is 2.82. The fourth-order valence-corrected chi connectivity index (χ4v) is 4.73. The number of amides is 1. The Morgan fingerprint density at radius 1 is 1.07 bits per heavy atom. The van der Waals surface area contributed by atoms with Gasteiger partial charge < -0.3 is 10.1 Å². The molecule has 0 heterocycles. The van der Waals surface area contributed by atoms with Crippen molar-refractivity contribution in [1.82, 2.24) is 10.0 Å². The van der Waals surface area contributed by atoms with Crippen LogP contribution in [0, 0.1) is 6.92 Å². The first-order chi connectivity index (χ1) is 13.9. The summed E-state index contributed by atoms with van der Waals surface area (Å²) in [6.45, 7) is 2.36. The maximum atomic E-state index is 12.4. The van der Waals surface area contributed by atoms with Crippen LogP contribution in [0.1, 0.15) is 36.8 Å². The van der Waals surface area contributed by atoms with E-state index in [0.29, 0.717) is 18.7 Å². The van der Waals surface area contributed by atoms with Gasteiger partial charge in [-0.15, -0.1) is 0 Å². The molecule has 0 atom stereocenters. The summed E-state index contributed by atoms with van der Waals surface area (Å²) >= 11 is 0. The molecule has 1 amide bonds. The minimum Gasteiger partial charge on any atom is -0.484 e. The van der Waals surface area contributed by atoms with E-state index in [4.69, 9.17) is 4.74 Å². The van der Waals surface area contributed by atoms with Gasteiger partial charge in [-0.2, -0.15) is 0 Å². The van der Waals surface area contributed by atoms with Crippen LogP contribution in [-0.4, -0.2) is 33.5 Å². The Bertz CT molecular complexity index is 920. The smallest absolute Gasteiger partial charge is 0.257 e. The zero-order chi connectivity index (χ0) is 20.7. The van der Waals surface area contributed by atoms with Gasteiger partial charge in [-0.1, -0.05) is 43.2 Å². The van der Waals surface area contributed by atoms with E-state index in [1.807, 2.05) is 31.2 Å². The maximum Gasteiger partial charge on any atom is 0.257 e. The zero-order valence-electron chi connectivity index (χ0n) is 16.7. The molecule has 3 rings (SSSR count). The molecule has 1 fully saturated rings.